The molecule has 4 aromatic rings. The number of halogens is 1. The normalized spacial score (nSPS) is 17.2. The first-order chi connectivity index (χ1) is 17.8. The van der Waals surface area contributed by atoms with Gasteiger partial charge in [-0.2, -0.15) is 0 Å². The SMILES string of the molecule is Cc1cc(N2C(=S)N[C@@H](c3ccccn3)[C@@H]2c2cccn2-c2ccc(F)cc2)ccc1NC(=O)C(C)C. The molecule has 1 amide bonds. The third-order valence-corrected chi connectivity index (χ3v) is 6.87. The average molecular weight is 514 g/mol. The van der Waals surface area contributed by atoms with E-state index in [9.17, 15) is 9.18 Å². The molecule has 0 aliphatic carbocycles. The molecule has 1 saturated heterocycles. The van der Waals surface area contributed by atoms with Crippen LogP contribution >= 0.6 is 12.2 Å². The van der Waals surface area contributed by atoms with Gasteiger partial charge < -0.3 is 20.1 Å². The second kappa shape index (κ2) is 10.1. The van der Waals surface area contributed by atoms with Gasteiger partial charge in [-0.05, 0) is 91.4 Å². The Balaban J connectivity index is 1.59. The van der Waals surface area contributed by atoms with Gasteiger partial charge in [-0.3, -0.25) is 9.78 Å². The highest BCUT2D eigenvalue weighted by molar-refractivity contribution is 7.80. The Labute approximate surface area is 221 Å². The zero-order valence-corrected chi connectivity index (χ0v) is 21.7. The van der Waals surface area contributed by atoms with Crippen LogP contribution in [0, 0.1) is 18.7 Å². The highest BCUT2D eigenvalue weighted by Gasteiger charge is 2.42. The van der Waals surface area contributed by atoms with Crippen LogP contribution in [0.1, 0.15) is 42.9 Å². The zero-order chi connectivity index (χ0) is 26.1. The Kier molecular flexibility index (Phi) is 6.76. The van der Waals surface area contributed by atoms with Crippen LogP contribution in [0.5, 0.6) is 0 Å². The van der Waals surface area contributed by atoms with Crippen LogP contribution < -0.4 is 15.5 Å². The van der Waals surface area contributed by atoms with Crippen molar-refractivity contribution in [3.63, 3.8) is 0 Å². The standard InChI is InChI=1S/C29H28FN5OS/c1-18(2)28(36)32-23-14-13-22(17-19(23)3)35-27(26(33-29(35)37)24-7-4-5-15-31-24)25-8-6-16-34(25)21-11-9-20(30)10-12-21/h4-18,26-27H,1-3H3,(H,32,36)(H,33,37)/t26-,27-/m0/s1. The molecule has 5 rings (SSSR count). The van der Waals surface area contributed by atoms with Gasteiger partial charge in [0.05, 0.1) is 11.7 Å². The van der Waals surface area contributed by atoms with E-state index >= 15 is 0 Å². The molecular formula is C29H28FN5OS. The van der Waals surface area contributed by atoms with Crippen molar-refractivity contribution in [1.29, 1.82) is 0 Å². The van der Waals surface area contributed by atoms with Gasteiger partial charge in [-0.25, -0.2) is 4.39 Å². The average Bonchev–Trinajstić information content (AvgIpc) is 3.50. The van der Waals surface area contributed by atoms with Crippen molar-refractivity contribution in [2.24, 2.45) is 5.92 Å². The number of benzene rings is 2. The number of aromatic nitrogens is 2. The lowest BCUT2D eigenvalue weighted by atomic mass is 10.00. The Morgan fingerprint density at radius 2 is 1.81 bits per heavy atom. The quantitative estimate of drug-likeness (QED) is 0.306. The molecule has 2 aromatic heterocycles. The molecule has 0 unspecified atom stereocenters. The number of hydrogen-bond acceptors (Lipinski definition) is 3. The van der Waals surface area contributed by atoms with Crippen LogP contribution in [0.2, 0.25) is 0 Å². The minimum Gasteiger partial charge on any atom is -0.351 e. The van der Waals surface area contributed by atoms with Crippen molar-refractivity contribution < 1.29 is 9.18 Å². The van der Waals surface area contributed by atoms with Gasteiger partial charge in [-0.15, -0.1) is 0 Å². The van der Waals surface area contributed by atoms with Gasteiger partial charge in [0.1, 0.15) is 11.9 Å². The number of carbonyl (C=O) groups excluding carboxylic acids is 1. The number of thiocarbonyl (C=S) groups is 1. The molecule has 0 bridgehead atoms. The van der Waals surface area contributed by atoms with Crippen LogP contribution in [0.3, 0.4) is 0 Å². The number of nitrogens with one attached hydrogen (secondary N) is 2. The third-order valence-electron chi connectivity index (χ3n) is 6.56. The fourth-order valence-electron chi connectivity index (χ4n) is 4.62. The van der Waals surface area contributed by atoms with Crippen LogP contribution in [0.15, 0.2) is 85.2 Å². The Morgan fingerprint density at radius 3 is 2.49 bits per heavy atom. The molecule has 3 heterocycles. The monoisotopic (exact) mass is 513 g/mol. The first-order valence-electron chi connectivity index (χ1n) is 12.2. The summed E-state index contributed by atoms with van der Waals surface area (Å²) in [5.41, 5.74) is 5.29. The molecular weight excluding hydrogens is 485 g/mol. The lowest BCUT2D eigenvalue weighted by molar-refractivity contribution is -0.118. The van der Waals surface area contributed by atoms with Crippen molar-refractivity contribution in [2.75, 3.05) is 10.2 Å². The molecule has 188 valence electrons. The van der Waals surface area contributed by atoms with E-state index in [1.165, 1.54) is 12.1 Å². The second-order valence-electron chi connectivity index (χ2n) is 9.42. The summed E-state index contributed by atoms with van der Waals surface area (Å²) in [5, 5.41) is 7.05. The van der Waals surface area contributed by atoms with Crippen molar-refractivity contribution >= 4 is 34.6 Å². The van der Waals surface area contributed by atoms with E-state index in [1.807, 2.05) is 74.0 Å². The maximum absolute atomic E-state index is 13.7. The van der Waals surface area contributed by atoms with Crippen LogP contribution in [0.4, 0.5) is 15.8 Å². The Morgan fingerprint density at radius 1 is 1.05 bits per heavy atom. The van der Waals surface area contributed by atoms with Crippen LogP contribution in [-0.2, 0) is 4.79 Å². The van der Waals surface area contributed by atoms with E-state index in [-0.39, 0.29) is 29.7 Å². The van der Waals surface area contributed by atoms with E-state index in [0.717, 1.165) is 34.0 Å². The fourth-order valence-corrected chi connectivity index (χ4v) is 4.97. The van der Waals surface area contributed by atoms with E-state index < -0.39 is 0 Å². The molecule has 37 heavy (non-hydrogen) atoms. The molecule has 1 aliphatic heterocycles. The molecule has 0 spiro atoms. The number of anilines is 2. The van der Waals surface area contributed by atoms with E-state index in [4.69, 9.17) is 12.2 Å². The maximum atomic E-state index is 13.7. The zero-order valence-electron chi connectivity index (χ0n) is 20.9. The first kappa shape index (κ1) is 24.6. The number of nitrogens with zero attached hydrogens (tertiary/aromatic N) is 3. The van der Waals surface area contributed by atoms with Crippen LogP contribution in [0.25, 0.3) is 5.69 Å². The molecule has 6 nitrogen and oxygen atoms in total. The lowest BCUT2D eigenvalue weighted by Crippen LogP contribution is -2.30. The van der Waals surface area contributed by atoms with Gasteiger partial charge in [0, 0.05) is 41.1 Å². The summed E-state index contributed by atoms with van der Waals surface area (Å²) < 4.78 is 15.7. The number of pyridine rings is 1. The molecule has 1 fully saturated rings. The number of aryl methyl sites for hydroxylation is 1. The number of rotatable bonds is 6. The van der Waals surface area contributed by atoms with Crippen LogP contribution in [-0.4, -0.2) is 20.6 Å². The predicted octanol–water partition coefficient (Wildman–Crippen LogP) is 6.09. The summed E-state index contributed by atoms with van der Waals surface area (Å²) in [6.45, 7) is 5.70. The topological polar surface area (TPSA) is 62.2 Å². The summed E-state index contributed by atoms with van der Waals surface area (Å²) in [6, 6.07) is 21.7. The molecule has 2 N–H and O–H groups in total. The summed E-state index contributed by atoms with van der Waals surface area (Å²) in [4.78, 5) is 19.0. The van der Waals surface area contributed by atoms with Gasteiger partial charge >= 0.3 is 0 Å². The summed E-state index contributed by atoms with van der Waals surface area (Å²) in [5.74, 6) is -0.425. The Hall–Kier alpha value is -4.04. The molecule has 1 aliphatic rings. The fraction of sp³-hybridized carbons (Fsp3) is 0.207. The third kappa shape index (κ3) is 4.84. The summed E-state index contributed by atoms with van der Waals surface area (Å²) >= 11 is 5.87. The van der Waals surface area contributed by atoms with Gasteiger partial charge in [0.15, 0.2) is 5.11 Å². The van der Waals surface area contributed by atoms with Gasteiger partial charge in [0.2, 0.25) is 5.91 Å². The van der Waals surface area contributed by atoms with Crippen molar-refractivity contribution in [3.05, 3.63) is 108 Å². The number of carbonyl (C=O) groups is 1. The Bertz CT molecular complexity index is 1430. The predicted molar refractivity (Wildman–Crippen MR) is 148 cm³/mol. The lowest BCUT2D eigenvalue weighted by Gasteiger charge is -2.29. The maximum Gasteiger partial charge on any atom is 0.226 e. The highest BCUT2D eigenvalue weighted by Crippen LogP contribution is 2.42. The minimum atomic E-state index is -0.283. The van der Waals surface area contributed by atoms with Crippen molar-refractivity contribution in [3.8, 4) is 5.69 Å². The van der Waals surface area contributed by atoms with Crippen molar-refractivity contribution in [1.82, 2.24) is 14.9 Å². The minimum absolute atomic E-state index is 0.0283. The number of hydrogen-bond donors (Lipinski definition) is 2. The largest absolute Gasteiger partial charge is 0.351 e. The van der Waals surface area contributed by atoms with Gasteiger partial charge in [0.25, 0.3) is 0 Å². The first-order valence-corrected chi connectivity index (χ1v) is 12.6. The van der Waals surface area contributed by atoms with Gasteiger partial charge in [-0.1, -0.05) is 19.9 Å². The van der Waals surface area contributed by atoms with E-state index in [2.05, 4.69) is 26.6 Å². The molecule has 0 saturated carbocycles. The van der Waals surface area contributed by atoms with E-state index in [0.29, 0.717) is 5.11 Å². The van der Waals surface area contributed by atoms with Crippen molar-refractivity contribution in [2.45, 2.75) is 32.9 Å². The molecule has 0 radical (unpaired) electrons. The second-order valence-corrected chi connectivity index (χ2v) is 9.81. The smallest absolute Gasteiger partial charge is 0.226 e. The number of amides is 1. The van der Waals surface area contributed by atoms with E-state index in [1.54, 1.807) is 18.3 Å². The summed E-state index contributed by atoms with van der Waals surface area (Å²) in [7, 11) is 0. The molecule has 2 atom stereocenters. The highest BCUT2D eigenvalue weighted by atomic mass is 32.1. The molecule has 2 aromatic carbocycles. The summed E-state index contributed by atoms with van der Waals surface area (Å²) in [6.07, 6.45) is 3.74. The molecule has 8 heteroatoms.